The molecule has 0 amide bonds. The minimum Gasteiger partial charge on any atom is -0.323 e. The Kier molecular flexibility index (Phi) is 4.81. The van der Waals surface area contributed by atoms with E-state index in [0.717, 1.165) is 47.3 Å². The Morgan fingerprint density at radius 1 is 1.04 bits per heavy atom. The van der Waals surface area contributed by atoms with Gasteiger partial charge in [0.05, 0.1) is 30.3 Å². The number of hydrogen-bond donors (Lipinski definition) is 0. The van der Waals surface area contributed by atoms with E-state index in [2.05, 4.69) is 63.4 Å². The maximum atomic E-state index is 4.76. The number of aromatic nitrogens is 7. The number of aryl methyl sites for hydroxylation is 3. The highest BCUT2D eigenvalue weighted by molar-refractivity contribution is 5.75. The molecule has 1 unspecified atom stereocenters. The molecule has 0 radical (unpaired) electrons. The minimum absolute atomic E-state index is 0.153. The van der Waals surface area contributed by atoms with Crippen molar-refractivity contribution in [2.24, 2.45) is 0 Å². The maximum absolute atomic E-state index is 4.76. The molecule has 0 fully saturated rings. The number of nitrogens with zero attached hydrogens (tertiary/aromatic N) is 7. The average Bonchev–Trinajstić information content (AvgIpc) is 3.40. The molecule has 0 aliphatic carbocycles. The lowest BCUT2D eigenvalue weighted by atomic mass is 10.1. The molecule has 3 aromatic heterocycles. The molecular formula is C21H25N7. The molecule has 0 saturated heterocycles. The number of benzene rings is 1. The predicted octanol–water partition coefficient (Wildman–Crippen LogP) is 3.90. The van der Waals surface area contributed by atoms with E-state index < -0.39 is 0 Å². The van der Waals surface area contributed by atoms with E-state index in [0.29, 0.717) is 0 Å². The van der Waals surface area contributed by atoms with Crippen LogP contribution in [0.25, 0.3) is 22.8 Å². The Balaban J connectivity index is 1.81. The van der Waals surface area contributed by atoms with Crippen LogP contribution in [0, 0.1) is 13.8 Å². The molecule has 4 rings (SSSR count). The normalized spacial score (nSPS) is 12.4. The van der Waals surface area contributed by atoms with Gasteiger partial charge in [-0.25, -0.2) is 14.6 Å². The van der Waals surface area contributed by atoms with Crippen molar-refractivity contribution in [2.75, 3.05) is 0 Å². The van der Waals surface area contributed by atoms with E-state index in [4.69, 9.17) is 4.98 Å². The zero-order valence-electron chi connectivity index (χ0n) is 16.7. The van der Waals surface area contributed by atoms with Crippen LogP contribution in [-0.2, 0) is 13.1 Å². The van der Waals surface area contributed by atoms with Crippen molar-refractivity contribution in [1.82, 2.24) is 34.1 Å². The third kappa shape index (κ3) is 3.24. The van der Waals surface area contributed by atoms with Crippen molar-refractivity contribution in [1.29, 1.82) is 0 Å². The Hall–Kier alpha value is -3.22. The maximum Gasteiger partial charge on any atom is 0.177 e. The van der Waals surface area contributed by atoms with Crippen molar-refractivity contribution in [3.05, 3.63) is 60.4 Å². The fraction of sp³-hybridized carbons (Fsp3) is 0.333. The zero-order chi connectivity index (χ0) is 19.7. The summed E-state index contributed by atoms with van der Waals surface area (Å²) in [6, 6.07) is 12.5. The van der Waals surface area contributed by atoms with E-state index >= 15 is 0 Å². The summed E-state index contributed by atoms with van der Waals surface area (Å²) in [6.45, 7) is 9.88. The van der Waals surface area contributed by atoms with Crippen LogP contribution in [0.1, 0.15) is 31.3 Å². The molecule has 0 N–H and O–H groups in total. The molecule has 3 heterocycles. The highest BCUT2D eigenvalue weighted by atomic mass is 15.3. The SMILES string of the molecule is CCn1ncnc1-c1c(-c2ccccc2)ncn1C(C)Cn1nc(C)cc1C. The van der Waals surface area contributed by atoms with Crippen molar-refractivity contribution >= 4 is 0 Å². The summed E-state index contributed by atoms with van der Waals surface area (Å²) in [7, 11) is 0. The smallest absolute Gasteiger partial charge is 0.177 e. The molecule has 7 heteroatoms. The first-order chi connectivity index (χ1) is 13.6. The van der Waals surface area contributed by atoms with Gasteiger partial charge in [0.2, 0.25) is 0 Å². The predicted molar refractivity (Wildman–Crippen MR) is 109 cm³/mol. The van der Waals surface area contributed by atoms with Crippen molar-refractivity contribution in [2.45, 2.75) is 46.8 Å². The van der Waals surface area contributed by atoms with Gasteiger partial charge in [0.15, 0.2) is 5.82 Å². The third-order valence-electron chi connectivity index (χ3n) is 4.98. The second-order valence-corrected chi connectivity index (χ2v) is 7.07. The van der Waals surface area contributed by atoms with E-state index in [-0.39, 0.29) is 6.04 Å². The Morgan fingerprint density at radius 3 is 2.50 bits per heavy atom. The highest BCUT2D eigenvalue weighted by Crippen LogP contribution is 2.32. The van der Waals surface area contributed by atoms with Crippen LogP contribution in [0.3, 0.4) is 0 Å². The molecule has 1 atom stereocenters. The van der Waals surface area contributed by atoms with Crippen LogP contribution >= 0.6 is 0 Å². The topological polar surface area (TPSA) is 66.3 Å². The van der Waals surface area contributed by atoms with Gasteiger partial charge < -0.3 is 4.57 Å². The van der Waals surface area contributed by atoms with E-state index in [1.54, 1.807) is 6.33 Å². The van der Waals surface area contributed by atoms with Gasteiger partial charge in [0, 0.05) is 17.8 Å². The summed E-state index contributed by atoms with van der Waals surface area (Å²) in [4.78, 5) is 9.32. The van der Waals surface area contributed by atoms with Gasteiger partial charge in [-0.1, -0.05) is 30.3 Å². The molecule has 144 valence electrons. The number of imidazole rings is 1. The number of rotatable bonds is 6. The second kappa shape index (κ2) is 7.42. The molecule has 28 heavy (non-hydrogen) atoms. The molecule has 0 aliphatic rings. The summed E-state index contributed by atoms with van der Waals surface area (Å²) in [5.41, 5.74) is 5.17. The van der Waals surface area contributed by atoms with Crippen molar-refractivity contribution in [3.63, 3.8) is 0 Å². The lowest BCUT2D eigenvalue weighted by molar-refractivity contribution is 0.431. The summed E-state index contributed by atoms with van der Waals surface area (Å²) in [5, 5.41) is 8.99. The minimum atomic E-state index is 0.153. The van der Waals surface area contributed by atoms with Crippen LogP contribution < -0.4 is 0 Å². The van der Waals surface area contributed by atoms with Crippen LogP contribution in [0.4, 0.5) is 0 Å². The molecule has 0 aliphatic heterocycles. The summed E-state index contributed by atoms with van der Waals surface area (Å²) in [5.74, 6) is 0.832. The fourth-order valence-corrected chi connectivity index (χ4v) is 3.60. The molecule has 7 nitrogen and oxygen atoms in total. The lowest BCUT2D eigenvalue weighted by Gasteiger charge is -2.18. The first-order valence-corrected chi connectivity index (χ1v) is 9.60. The van der Waals surface area contributed by atoms with Crippen molar-refractivity contribution in [3.8, 4) is 22.8 Å². The summed E-state index contributed by atoms with van der Waals surface area (Å²) >= 11 is 0. The first kappa shape index (κ1) is 18.2. The van der Waals surface area contributed by atoms with Gasteiger partial charge in [-0.2, -0.15) is 10.2 Å². The quantitative estimate of drug-likeness (QED) is 0.513. The van der Waals surface area contributed by atoms with E-state index in [9.17, 15) is 0 Å². The monoisotopic (exact) mass is 375 g/mol. The van der Waals surface area contributed by atoms with Gasteiger partial charge in [0.1, 0.15) is 12.0 Å². The largest absolute Gasteiger partial charge is 0.323 e. The van der Waals surface area contributed by atoms with Gasteiger partial charge in [-0.15, -0.1) is 0 Å². The van der Waals surface area contributed by atoms with E-state index in [1.165, 1.54) is 0 Å². The van der Waals surface area contributed by atoms with E-state index in [1.807, 2.05) is 36.1 Å². The Morgan fingerprint density at radius 2 is 1.82 bits per heavy atom. The van der Waals surface area contributed by atoms with Gasteiger partial charge in [-0.05, 0) is 33.8 Å². The Bertz CT molecular complexity index is 1070. The molecule has 0 bridgehead atoms. The summed E-state index contributed by atoms with van der Waals surface area (Å²) < 4.78 is 6.15. The van der Waals surface area contributed by atoms with Crippen molar-refractivity contribution < 1.29 is 0 Å². The fourth-order valence-electron chi connectivity index (χ4n) is 3.60. The lowest BCUT2D eigenvalue weighted by Crippen LogP contribution is -2.16. The standard InChI is InChI=1S/C21H25N7/c1-5-27-21(22-13-24-27)20-19(18-9-7-6-8-10-18)23-14-26(20)17(4)12-28-16(3)11-15(2)25-28/h6-11,13-14,17H,5,12H2,1-4H3. The summed E-state index contributed by atoms with van der Waals surface area (Å²) in [6.07, 6.45) is 3.51. The highest BCUT2D eigenvalue weighted by Gasteiger charge is 2.22. The molecule has 0 saturated carbocycles. The van der Waals surface area contributed by atoms with Crippen LogP contribution in [-0.4, -0.2) is 34.1 Å². The van der Waals surface area contributed by atoms with Gasteiger partial charge in [0.25, 0.3) is 0 Å². The van der Waals surface area contributed by atoms with Crippen LogP contribution in [0.5, 0.6) is 0 Å². The van der Waals surface area contributed by atoms with Gasteiger partial charge >= 0.3 is 0 Å². The van der Waals surface area contributed by atoms with Crippen LogP contribution in [0.15, 0.2) is 49.1 Å². The Labute approximate surface area is 164 Å². The first-order valence-electron chi connectivity index (χ1n) is 9.60. The average molecular weight is 375 g/mol. The third-order valence-corrected chi connectivity index (χ3v) is 4.98. The molecule has 0 spiro atoms. The zero-order valence-corrected chi connectivity index (χ0v) is 16.7. The molecule has 1 aromatic carbocycles. The molecular weight excluding hydrogens is 350 g/mol. The number of hydrogen-bond acceptors (Lipinski definition) is 4. The second-order valence-electron chi connectivity index (χ2n) is 7.07. The van der Waals surface area contributed by atoms with Gasteiger partial charge in [-0.3, -0.25) is 4.68 Å². The van der Waals surface area contributed by atoms with Crippen LogP contribution in [0.2, 0.25) is 0 Å². The molecule has 4 aromatic rings.